The first-order valence-electron chi connectivity index (χ1n) is 9.75. The van der Waals surface area contributed by atoms with Crippen molar-refractivity contribution in [2.45, 2.75) is 26.8 Å². The Morgan fingerprint density at radius 3 is 2.50 bits per heavy atom. The third-order valence-electron chi connectivity index (χ3n) is 4.94. The van der Waals surface area contributed by atoms with E-state index in [1.165, 1.54) is 17.0 Å². The van der Waals surface area contributed by atoms with Crippen molar-refractivity contribution >= 4 is 28.6 Å². The molecular weight excluding hydrogens is 385 g/mol. The molecule has 0 aliphatic rings. The molecule has 30 heavy (non-hydrogen) atoms. The summed E-state index contributed by atoms with van der Waals surface area (Å²) in [5.41, 5.74) is 2.35. The molecule has 158 valence electrons. The fourth-order valence-corrected chi connectivity index (χ4v) is 3.34. The topological polar surface area (TPSA) is 74.6 Å². The number of hydrogen-bond donors (Lipinski definition) is 2. The average Bonchev–Trinajstić information content (AvgIpc) is 3.01. The fraction of sp³-hybridized carbons (Fsp3) is 0.304. The number of halogens is 1. The fourth-order valence-electron chi connectivity index (χ4n) is 3.34. The van der Waals surface area contributed by atoms with Crippen LogP contribution in [0.3, 0.4) is 0 Å². The third kappa shape index (κ3) is 4.45. The molecule has 3 amide bonds. The van der Waals surface area contributed by atoms with Crippen molar-refractivity contribution < 1.29 is 18.4 Å². The van der Waals surface area contributed by atoms with Gasteiger partial charge < -0.3 is 20.0 Å². The van der Waals surface area contributed by atoms with Crippen molar-refractivity contribution in [2.24, 2.45) is 5.92 Å². The van der Waals surface area contributed by atoms with E-state index in [9.17, 15) is 14.0 Å². The predicted molar refractivity (Wildman–Crippen MR) is 115 cm³/mol. The highest BCUT2D eigenvalue weighted by Gasteiger charge is 2.25. The number of amides is 3. The summed E-state index contributed by atoms with van der Waals surface area (Å²) in [4.78, 5) is 26.3. The van der Waals surface area contributed by atoms with Crippen LogP contribution in [0.1, 0.15) is 41.6 Å². The first kappa shape index (κ1) is 21.4. The number of anilines is 1. The lowest BCUT2D eigenvalue weighted by Crippen LogP contribution is -2.35. The zero-order valence-electron chi connectivity index (χ0n) is 17.7. The van der Waals surface area contributed by atoms with Crippen LogP contribution in [0.4, 0.5) is 14.9 Å². The Bertz CT molecular complexity index is 1090. The summed E-state index contributed by atoms with van der Waals surface area (Å²) in [6.07, 6.45) is 0. The van der Waals surface area contributed by atoms with Gasteiger partial charge in [-0.25, -0.2) is 9.18 Å². The Kier molecular flexibility index (Phi) is 6.10. The minimum absolute atomic E-state index is 0.0292. The van der Waals surface area contributed by atoms with Crippen molar-refractivity contribution in [1.29, 1.82) is 0 Å². The van der Waals surface area contributed by atoms with Crippen molar-refractivity contribution in [3.05, 3.63) is 65.2 Å². The van der Waals surface area contributed by atoms with E-state index < -0.39 is 12.1 Å². The minimum Gasteiger partial charge on any atom is -0.459 e. The van der Waals surface area contributed by atoms with Gasteiger partial charge in [0.1, 0.15) is 17.2 Å². The van der Waals surface area contributed by atoms with Gasteiger partial charge in [0.2, 0.25) is 0 Å². The van der Waals surface area contributed by atoms with Gasteiger partial charge in [0.25, 0.3) is 5.91 Å². The van der Waals surface area contributed by atoms with Gasteiger partial charge >= 0.3 is 6.03 Å². The van der Waals surface area contributed by atoms with E-state index in [1.54, 1.807) is 44.4 Å². The number of benzene rings is 2. The molecule has 1 atom stereocenters. The molecule has 2 aromatic carbocycles. The van der Waals surface area contributed by atoms with E-state index in [0.717, 1.165) is 5.56 Å². The second kappa shape index (κ2) is 8.57. The van der Waals surface area contributed by atoms with E-state index in [0.29, 0.717) is 28.0 Å². The molecule has 1 aromatic heterocycles. The maximum Gasteiger partial charge on any atom is 0.319 e. The number of furan rings is 1. The molecule has 0 aliphatic heterocycles. The molecule has 7 heteroatoms. The molecule has 2 N–H and O–H groups in total. The van der Waals surface area contributed by atoms with Crippen LogP contribution in [0.2, 0.25) is 0 Å². The Morgan fingerprint density at radius 1 is 1.10 bits per heavy atom. The molecule has 0 bridgehead atoms. The molecule has 0 spiro atoms. The predicted octanol–water partition coefficient (Wildman–Crippen LogP) is 5.10. The number of aryl methyl sites for hydroxylation is 1. The van der Waals surface area contributed by atoms with E-state index in [1.807, 2.05) is 20.8 Å². The monoisotopic (exact) mass is 411 g/mol. The summed E-state index contributed by atoms with van der Waals surface area (Å²) in [6.45, 7) is 5.79. The normalized spacial score (nSPS) is 12.1. The van der Waals surface area contributed by atoms with Crippen molar-refractivity contribution in [3.63, 3.8) is 0 Å². The van der Waals surface area contributed by atoms with Crippen LogP contribution in [-0.4, -0.2) is 30.9 Å². The van der Waals surface area contributed by atoms with E-state index in [2.05, 4.69) is 10.6 Å². The Labute approximate surface area is 175 Å². The van der Waals surface area contributed by atoms with Gasteiger partial charge in [0.05, 0.1) is 6.04 Å². The lowest BCUT2D eigenvalue weighted by molar-refractivity contribution is 0.0827. The van der Waals surface area contributed by atoms with Crippen molar-refractivity contribution in [3.8, 4) is 0 Å². The molecule has 0 unspecified atom stereocenters. The average molecular weight is 411 g/mol. The molecule has 0 saturated carbocycles. The summed E-state index contributed by atoms with van der Waals surface area (Å²) >= 11 is 0. The third-order valence-corrected chi connectivity index (χ3v) is 4.94. The Morgan fingerprint density at radius 2 is 1.83 bits per heavy atom. The van der Waals surface area contributed by atoms with Gasteiger partial charge in [-0.2, -0.15) is 0 Å². The van der Waals surface area contributed by atoms with E-state index in [4.69, 9.17) is 4.42 Å². The van der Waals surface area contributed by atoms with Crippen molar-refractivity contribution in [2.75, 3.05) is 19.4 Å². The largest absolute Gasteiger partial charge is 0.459 e. The number of nitrogens with zero attached hydrogens (tertiary/aromatic N) is 1. The molecule has 0 saturated heterocycles. The second-order valence-electron chi connectivity index (χ2n) is 7.83. The quantitative estimate of drug-likeness (QED) is 0.613. The molecule has 3 aromatic rings. The van der Waals surface area contributed by atoms with Crippen LogP contribution in [-0.2, 0) is 0 Å². The summed E-state index contributed by atoms with van der Waals surface area (Å²) in [7, 11) is 3.34. The molecule has 0 radical (unpaired) electrons. The van der Waals surface area contributed by atoms with Crippen LogP contribution in [0.5, 0.6) is 0 Å². The lowest BCUT2D eigenvalue weighted by Gasteiger charge is -2.21. The summed E-state index contributed by atoms with van der Waals surface area (Å²) in [5.74, 6) is 0.139. The number of fused-ring (bicyclic) bond motifs is 1. The first-order chi connectivity index (χ1) is 14.2. The highest BCUT2D eigenvalue weighted by atomic mass is 19.1. The van der Waals surface area contributed by atoms with Crippen molar-refractivity contribution in [1.82, 2.24) is 10.2 Å². The first-order valence-corrected chi connectivity index (χ1v) is 9.75. The SMILES string of the molecule is Cc1c([C@@H](NC(=O)Nc2cccc(C(=O)N(C)C)c2)C(C)C)oc2ccc(F)cc12. The highest BCUT2D eigenvalue weighted by molar-refractivity contribution is 5.96. The van der Waals surface area contributed by atoms with Gasteiger partial charge in [-0.05, 0) is 49.2 Å². The second-order valence-corrected chi connectivity index (χ2v) is 7.83. The Hall–Kier alpha value is -3.35. The molecule has 1 heterocycles. The Balaban J connectivity index is 1.81. The van der Waals surface area contributed by atoms with E-state index in [-0.39, 0.29) is 17.6 Å². The maximum atomic E-state index is 13.6. The molecule has 0 aliphatic carbocycles. The zero-order chi connectivity index (χ0) is 22.0. The number of nitrogens with one attached hydrogen (secondary N) is 2. The standard InChI is InChI=1S/C23H26FN3O3/c1-13(2)20(21-14(3)18-12-16(24)9-10-19(18)30-21)26-23(29)25-17-8-6-7-15(11-17)22(28)27(4)5/h6-13,20H,1-5H3,(H2,25,26,29)/t20-/m0/s1. The van der Waals surface area contributed by atoms with Crippen LogP contribution < -0.4 is 10.6 Å². The van der Waals surface area contributed by atoms with Gasteiger partial charge in [0, 0.05) is 36.3 Å². The van der Waals surface area contributed by atoms with Gasteiger partial charge in [-0.1, -0.05) is 19.9 Å². The minimum atomic E-state index is -0.422. The zero-order valence-corrected chi connectivity index (χ0v) is 17.7. The molecule has 0 fully saturated rings. The van der Waals surface area contributed by atoms with Gasteiger partial charge in [-0.3, -0.25) is 4.79 Å². The lowest BCUT2D eigenvalue weighted by atomic mass is 9.98. The number of urea groups is 1. The van der Waals surface area contributed by atoms with Crippen LogP contribution in [0.25, 0.3) is 11.0 Å². The number of carbonyl (C=O) groups is 2. The highest BCUT2D eigenvalue weighted by Crippen LogP contribution is 2.33. The molecular formula is C23H26FN3O3. The summed E-state index contributed by atoms with van der Waals surface area (Å²) < 4.78 is 19.6. The number of carbonyl (C=O) groups excluding carboxylic acids is 2. The smallest absolute Gasteiger partial charge is 0.319 e. The molecule has 6 nitrogen and oxygen atoms in total. The van der Waals surface area contributed by atoms with E-state index >= 15 is 0 Å². The van der Waals surface area contributed by atoms with Crippen LogP contribution >= 0.6 is 0 Å². The molecule has 3 rings (SSSR count). The summed E-state index contributed by atoms with van der Waals surface area (Å²) in [6, 6.07) is 10.3. The number of hydrogen-bond acceptors (Lipinski definition) is 3. The van der Waals surface area contributed by atoms with Crippen LogP contribution in [0, 0.1) is 18.7 Å². The van der Waals surface area contributed by atoms with Gasteiger partial charge in [0.15, 0.2) is 0 Å². The maximum absolute atomic E-state index is 13.6. The number of rotatable bonds is 5. The van der Waals surface area contributed by atoms with Crippen LogP contribution in [0.15, 0.2) is 46.9 Å². The summed E-state index contributed by atoms with van der Waals surface area (Å²) in [5, 5.41) is 6.40. The van der Waals surface area contributed by atoms with Gasteiger partial charge in [-0.15, -0.1) is 0 Å².